The van der Waals surface area contributed by atoms with Crippen LogP contribution in [0.15, 0.2) is 24.8 Å². The number of benzene rings is 1. The normalized spacial score (nSPS) is 16.5. The zero-order chi connectivity index (χ0) is 13.7. The molecule has 0 unspecified atom stereocenters. The molecule has 1 aromatic carbocycles. The van der Waals surface area contributed by atoms with Gasteiger partial charge in [-0.25, -0.2) is 0 Å². The predicted octanol–water partition coefficient (Wildman–Crippen LogP) is 2.52. The van der Waals surface area contributed by atoms with Crippen LogP contribution in [0.2, 0.25) is 0 Å². The van der Waals surface area contributed by atoms with Gasteiger partial charge in [0.15, 0.2) is 11.5 Å². The van der Waals surface area contributed by atoms with Crippen molar-refractivity contribution in [2.75, 3.05) is 33.5 Å². The fourth-order valence-electron chi connectivity index (χ4n) is 1.84. The van der Waals surface area contributed by atoms with Crippen molar-refractivity contribution >= 4 is 6.08 Å². The van der Waals surface area contributed by atoms with E-state index < -0.39 is 0 Å². The van der Waals surface area contributed by atoms with Crippen LogP contribution in [0.3, 0.4) is 0 Å². The monoisotopic (exact) mass is 264 g/mol. The van der Waals surface area contributed by atoms with Crippen molar-refractivity contribution in [1.29, 1.82) is 0 Å². The average Bonchev–Trinajstić information content (AvgIpc) is 2.39. The number of methoxy groups -OCH3 is 1. The van der Waals surface area contributed by atoms with Gasteiger partial charge in [0.1, 0.15) is 12.2 Å². The van der Waals surface area contributed by atoms with E-state index >= 15 is 0 Å². The predicted molar refractivity (Wildman–Crippen MR) is 73.8 cm³/mol. The van der Waals surface area contributed by atoms with Crippen LogP contribution in [0.1, 0.15) is 12.5 Å². The highest BCUT2D eigenvalue weighted by atomic mass is 16.6. The molecule has 19 heavy (non-hydrogen) atoms. The standard InChI is InChI=1S/C15H20O4/c1-4-12-6-7-13(14(8-12)18-5-2)19-11-15(16-3)9-17-10-15/h4,6-8H,1,5,9-11H2,2-3H3. The minimum absolute atomic E-state index is 0.319. The van der Waals surface area contributed by atoms with Gasteiger partial charge in [-0.1, -0.05) is 18.7 Å². The van der Waals surface area contributed by atoms with Crippen molar-refractivity contribution in [3.05, 3.63) is 30.3 Å². The fraction of sp³-hybridized carbons (Fsp3) is 0.467. The van der Waals surface area contributed by atoms with E-state index in [1.54, 1.807) is 13.2 Å². The summed E-state index contributed by atoms with van der Waals surface area (Å²) in [7, 11) is 1.68. The summed E-state index contributed by atoms with van der Waals surface area (Å²) in [5, 5.41) is 0. The van der Waals surface area contributed by atoms with Crippen LogP contribution in [0, 0.1) is 0 Å². The zero-order valence-electron chi connectivity index (χ0n) is 11.5. The van der Waals surface area contributed by atoms with Gasteiger partial charge in [-0.2, -0.15) is 0 Å². The molecular weight excluding hydrogens is 244 g/mol. The van der Waals surface area contributed by atoms with Crippen LogP contribution in [0.5, 0.6) is 11.5 Å². The topological polar surface area (TPSA) is 36.9 Å². The highest BCUT2D eigenvalue weighted by molar-refractivity contribution is 5.54. The lowest BCUT2D eigenvalue weighted by atomic mass is 10.0. The van der Waals surface area contributed by atoms with Gasteiger partial charge in [0, 0.05) is 7.11 Å². The lowest BCUT2D eigenvalue weighted by Crippen LogP contribution is -2.55. The van der Waals surface area contributed by atoms with E-state index in [1.807, 2.05) is 25.1 Å². The maximum atomic E-state index is 5.82. The molecule has 0 aromatic heterocycles. The molecule has 4 nitrogen and oxygen atoms in total. The Hall–Kier alpha value is -1.52. The molecule has 0 atom stereocenters. The van der Waals surface area contributed by atoms with Gasteiger partial charge < -0.3 is 18.9 Å². The highest BCUT2D eigenvalue weighted by Gasteiger charge is 2.40. The van der Waals surface area contributed by atoms with E-state index in [2.05, 4.69) is 6.58 Å². The molecule has 104 valence electrons. The Morgan fingerprint density at radius 2 is 2.11 bits per heavy atom. The Morgan fingerprint density at radius 1 is 1.32 bits per heavy atom. The molecule has 1 aromatic rings. The Labute approximate surface area is 113 Å². The van der Waals surface area contributed by atoms with Crippen LogP contribution < -0.4 is 9.47 Å². The summed E-state index contributed by atoms with van der Waals surface area (Å²) in [4.78, 5) is 0. The quantitative estimate of drug-likeness (QED) is 0.758. The molecule has 0 spiro atoms. The summed E-state index contributed by atoms with van der Waals surface area (Å²) in [6.07, 6.45) is 1.78. The maximum absolute atomic E-state index is 5.82. The van der Waals surface area contributed by atoms with Crippen LogP contribution in [-0.2, 0) is 9.47 Å². The van der Waals surface area contributed by atoms with Gasteiger partial charge >= 0.3 is 0 Å². The third kappa shape index (κ3) is 3.08. The van der Waals surface area contributed by atoms with E-state index in [-0.39, 0.29) is 5.60 Å². The molecule has 0 amide bonds. The third-order valence-electron chi connectivity index (χ3n) is 3.16. The van der Waals surface area contributed by atoms with Crippen molar-refractivity contribution in [2.45, 2.75) is 12.5 Å². The van der Waals surface area contributed by atoms with Crippen LogP contribution in [0.4, 0.5) is 0 Å². The summed E-state index contributed by atoms with van der Waals surface area (Å²) in [6.45, 7) is 7.88. The first kappa shape index (κ1) is 13.9. The first-order chi connectivity index (χ1) is 9.23. The summed E-state index contributed by atoms with van der Waals surface area (Å²) >= 11 is 0. The smallest absolute Gasteiger partial charge is 0.161 e. The minimum Gasteiger partial charge on any atom is -0.490 e. The molecule has 1 aliphatic rings. The third-order valence-corrected chi connectivity index (χ3v) is 3.16. The number of rotatable bonds is 7. The second-order valence-electron chi connectivity index (χ2n) is 4.51. The molecule has 0 bridgehead atoms. The second kappa shape index (κ2) is 6.08. The first-order valence-electron chi connectivity index (χ1n) is 6.38. The summed E-state index contributed by atoms with van der Waals surface area (Å²) < 4.78 is 22.0. The molecule has 0 aliphatic carbocycles. The molecular formula is C15H20O4. The van der Waals surface area contributed by atoms with Crippen LogP contribution in [-0.4, -0.2) is 39.1 Å². The van der Waals surface area contributed by atoms with E-state index in [1.165, 1.54) is 0 Å². The lowest BCUT2D eigenvalue weighted by Gasteiger charge is -2.39. The van der Waals surface area contributed by atoms with E-state index in [4.69, 9.17) is 18.9 Å². The largest absolute Gasteiger partial charge is 0.490 e. The Kier molecular flexibility index (Phi) is 4.45. The SMILES string of the molecule is C=Cc1ccc(OCC2(OC)COC2)c(OCC)c1. The summed E-state index contributed by atoms with van der Waals surface area (Å²) in [5.41, 5.74) is 0.685. The Morgan fingerprint density at radius 3 is 2.63 bits per heavy atom. The van der Waals surface area contributed by atoms with Gasteiger partial charge in [0.25, 0.3) is 0 Å². The minimum atomic E-state index is -0.319. The molecule has 0 saturated carbocycles. The molecule has 4 heteroatoms. The van der Waals surface area contributed by atoms with Crippen molar-refractivity contribution in [3.63, 3.8) is 0 Å². The lowest BCUT2D eigenvalue weighted by molar-refractivity contribution is -0.208. The molecule has 1 saturated heterocycles. The van der Waals surface area contributed by atoms with Gasteiger partial charge in [-0.15, -0.1) is 0 Å². The maximum Gasteiger partial charge on any atom is 0.161 e. The van der Waals surface area contributed by atoms with Crippen LogP contribution >= 0.6 is 0 Å². The van der Waals surface area contributed by atoms with E-state index in [9.17, 15) is 0 Å². The highest BCUT2D eigenvalue weighted by Crippen LogP contribution is 2.31. The average molecular weight is 264 g/mol. The van der Waals surface area contributed by atoms with Crippen molar-refractivity contribution in [1.82, 2.24) is 0 Å². The summed E-state index contributed by atoms with van der Waals surface area (Å²) in [6, 6.07) is 5.76. The van der Waals surface area contributed by atoms with Gasteiger partial charge in [0.2, 0.25) is 0 Å². The molecule has 0 N–H and O–H groups in total. The summed E-state index contributed by atoms with van der Waals surface area (Å²) in [5.74, 6) is 1.45. The molecule has 1 aliphatic heterocycles. The van der Waals surface area contributed by atoms with E-state index in [0.29, 0.717) is 26.4 Å². The van der Waals surface area contributed by atoms with Crippen molar-refractivity contribution in [3.8, 4) is 11.5 Å². The zero-order valence-corrected chi connectivity index (χ0v) is 11.5. The molecule has 1 heterocycles. The Bertz CT molecular complexity index is 432. The molecule has 0 radical (unpaired) electrons. The number of hydrogen-bond donors (Lipinski definition) is 0. The number of hydrogen-bond acceptors (Lipinski definition) is 4. The Balaban J connectivity index is 2.08. The fourth-order valence-corrected chi connectivity index (χ4v) is 1.84. The second-order valence-corrected chi connectivity index (χ2v) is 4.51. The van der Waals surface area contributed by atoms with Gasteiger partial charge in [0.05, 0.1) is 19.8 Å². The number of ether oxygens (including phenoxy) is 4. The van der Waals surface area contributed by atoms with Crippen LogP contribution in [0.25, 0.3) is 6.08 Å². The van der Waals surface area contributed by atoms with Gasteiger partial charge in [-0.3, -0.25) is 0 Å². The van der Waals surface area contributed by atoms with E-state index in [0.717, 1.165) is 17.1 Å². The molecule has 2 rings (SSSR count). The first-order valence-corrected chi connectivity index (χ1v) is 6.38. The van der Waals surface area contributed by atoms with Crippen molar-refractivity contribution < 1.29 is 18.9 Å². The van der Waals surface area contributed by atoms with Crippen molar-refractivity contribution in [2.24, 2.45) is 0 Å². The van der Waals surface area contributed by atoms with Gasteiger partial charge in [-0.05, 0) is 24.6 Å². The molecule has 1 fully saturated rings.